The average molecular weight is 344 g/mol. The minimum absolute atomic E-state index is 0.190. The molecule has 0 atom stereocenters. The number of methoxy groups -OCH3 is 1. The van der Waals surface area contributed by atoms with Gasteiger partial charge in [0.2, 0.25) is 0 Å². The van der Waals surface area contributed by atoms with Gasteiger partial charge >= 0.3 is 5.97 Å². The van der Waals surface area contributed by atoms with Gasteiger partial charge in [0.1, 0.15) is 5.78 Å². The highest BCUT2D eigenvalue weighted by Crippen LogP contribution is 2.44. The Balaban J connectivity index is 2.13. The molecule has 138 valence electrons. The van der Waals surface area contributed by atoms with E-state index in [4.69, 9.17) is 4.74 Å². The molecule has 0 aromatic heterocycles. The molecule has 0 saturated heterocycles. The molecule has 25 heavy (non-hydrogen) atoms. The van der Waals surface area contributed by atoms with Gasteiger partial charge in [0.05, 0.1) is 13.5 Å². The number of esters is 1. The van der Waals surface area contributed by atoms with Crippen molar-refractivity contribution in [2.24, 2.45) is 11.3 Å². The third kappa shape index (κ3) is 5.17. The number of aryl methyl sites for hydroxylation is 3. The summed E-state index contributed by atoms with van der Waals surface area (Å²) in [6, 6.07) is 4.28. The van der Waals surface area contributed by atoms with Crippen LogP contribution < -0.4 is 0 Å². The number of hydrogen-bond acceptors (Lipinski definition) is 3. The summed E-state index contributed by atoms with van der Waals surface area (Å²) in [5.74, 6) is 0.737. The van der Waals surface area contributed by atoms with Gasteiger partial charge in [-0.2, -0.15) is 0 Å². The van der Waals surface area contributed by atoms with Crippen molar-refractivity contribution in [2.45, 2.75) is 72.6 Å². The predicted octanol–water partition coefficient (Wildman–Crippen LogP) is 4.87. The maximum atomic E-state index is 12.9. The number of hydrogen-bond donors (Lipinski definition) is 0. The van der Waals surface area contributed by atoms with Crippen LogP contribution in [0.15, 0.2) is 12.1 Å². The van der Waals surface area contributed by atoms with Crippen LogP contribution in [0.5, 0.6) is 0 Å². The first-order valence-electron chi connectivity index (χ1n) is 9.40. The Morgan fingerprint density at radius 2 is 1.64 bits per heavy atom. The van der Waals surface area contributed by atoms with E-state index < -0.39 is 0 Å². The first kappa shape index (κ1) is 19.7. The third-order valence-corrected chi connectivity index (χ3v) is 5.87. The van der Waals surface area contributed by atoms with Crippen LogP contribution in [0.1, 0.15) is 67.7 Å². The lowest BCUT2D eigenvalue weighted by molar-refractivity contribution is -0.144. The topological polar surface area (TPSA) is 43.4 Å². The summed E-state index contributed by atoms with van der Waals surface area (Å²) >= 11 is 0. The fourth-order valence-corrected chi connectivity index (χ4v) is 4.34. The molecular formula is C22H32O3. The largest absolute Gasteiger partial charge is 0.469 e. The van der Waals surface area contributed by atoms with Gasteiger partial charge in [-0.1, -0.05) is 37.5 Å². The lowest BCUT2D eigenvalue weighted by atomic mass is 9.66. The lowest BCUT2D eigenvalue weighted by Gasteiger charge is -2.38. The summed E-state index contributed by atoms with van der Waals surface area (Å²) in [6.45, 7) is 8.49. The number of Topliss-reactive ketones (excluding diaryl/α,β-unsaturated/α-hetero) is 1. The minimum Gasteiger partial charge on any atom is -0.469 e. The molecule has 1 aliphatic rings. The normalized spacial score (nSPS) is 23.3. The van der Waals surface area contributed by atoms with Crippen molar-refractivity contribution in [2.75, 3.05) is 7.11 Å². The third-order valence-electron chi connectivity index (χ3n) is 5.87. The van der Waals surface area contributed by atoms with E-state index in [1.54, 1.807) is 0 Å². The minimum atomic E-state index is -0.205. The predicted molar refractivity (Wildman–Crippen MR) is 101 cm³/mol. The maximum Gasteiger partial charge on any atom is 0.306 e. The molecular weight excluding hydrogens is 312 g/mol. The second-order valence-corrected chi connectivity index (χ2v) is 8.20. The van der Waals surface area contributed by atoms with Gasteiger partial charge in [0.15, 0.2) is 0 Å². The molecule has 1 saturated carbocycles. The Morgan fingerprint density at radius 3 is 2.16 bits per heavy atom. The van der Waals surface area contributed by atoms with Crippen molar-refractivity contribution in [1.29, 1.82) is 0 Å². The molecule has 0 unspecified atom stereocenters. The van der Waals surface area contributed by atoms with E-state index in [1.165, 1.54) is 23.8 Å². The van der Waals surface area contributed by atoms with E-state index in [0.29, 0.717) is 25.2 Å². The zero-order valence-electron chi connectivity index (χ0n) is 16.4. The Morgan fingerprint density at radius 1 is 1.08 bits per heavy atom. The highest BCUT2D eigenvalue weighted by Gasteiger charge is 2.38. The molecule has 1 aromatic carbocycles. The standard InChI is InChI=1S/C22H32O3/c1-15-6-8-22(9-7-15,14-21(24)25-5)13-19(23)12-20-17(3)10-16(2)11-18(20)4/h10-11,15H,6-9,12-14H2,1-5H3. The molecule has 2 rings (SSSR count). The van der Waals surface area contributed by atoms with E-state index in [-0.39, 0.29) is 17.2 Å². The number of ether oxygens (including phenoxy) is 1. The second-order valence-electron chi connectivity index (χ2n) is 8.20. The smallest absolute Gasteiger partial charge is 0.306 e. The molecule has 0 N–H and O–H groups in total. The Hall–Kier alpha value is -1.64. The lowest BCUT2D eigenvalue weighted by Crippen LogP contribution is -2.33. The summed E-state index contributed by atoms with van der Waals surface area (Å²) in [5.41, 5.74) is 4.54. The average Bonchev–Trinajstić information content (AvgIpc) is 2.53. The molecule has 0 heterocycles. The summed E-state index contributed by atoms with van der Waals surface area (Å²) < 4.78 is 4.91. The van der Waals surface area contributed by atoms with Crippen LogP contribution in [0.4, 0.5) is 0 Å². The molecule has 3 heteroatoms. The zero-order chi connectivity index (χ0) is 18.6. The second kappa shape index (κ2) is 8.16. The maximum absolute atomic E-state index is 12.9. The van der Waals surface area contributed by atoms with Crippen molar-refractivity contribution in [3.8, 4) is 0 Å². The van der Waals surface area contributed by atoms with Gasteiger partial charge in [-0.15, -0.1) is 0 Å². The molecule has 0 bridgehead atoms. The Labute approximate surface area is 152 Å². The van der Waals surface area contributed by atoms with Crippen LogP contribution >= 0.6 is 0 Å². The number of ketones is 1. The molecule has 1 fully saturated rings. The molecule has 0 spiro atoms. The fourth-order valence-electron chi connectivity index (χ4n) is 4.34. The van der Waals surface area contributed by atoms with Gasteiger partial charge in [0.25, 0.3) is 0 Å². The van der Waals surface area contributed by atoms with Crippen LogP contribution in [0.3, 0.4) is 0 Å². The summed E-state index contributed by atoms with van der Waals surface area (Å²) in [4.78, 5) is 24.8. The summed E-state index contributed by atoms with van der Waals surface area (Å²) in [5, 5.41) is 0. The first-order valence-corrected chi connectivity index (χ1v) is 9.40. The van der Waals surface area contributed by atoms with Crippen LogP contribution in [0.2, 0.25) is 0 Å². The highest BCUT2D eigenvalue weighted by molar-refractivity contribution is 5.83. The molecule has 0 aliphatic heterocycles. The molecule has 0 radical (unpaired) electrons. The van der Waals surface area contributed by atoms with Gasteiger partial charge < -0.3 is 4.74 Å². The van der Waals surface area contributed by atoms with E-state index >= 15 is 0 Å². The quantitative estimate of drug-likeness (QED) is 0.691. The number of carbonyl (C=O) groups is 2. The van der Waals surface area contributed by atoms with Gasteiger partial charge in [-0.3, -0.25) is 9.59 Å². The van der Waals surface area contributed by atoms with E-state index in [1.807, 2.05) is 0 Å². The van der Waals surface area contributed by atoms with Crippen molar-refractivity contribution in [3.63, 3.8) is 0 Å². The molecule has 1 aliphatic carbocycles. The SMILES string of the molecule is COC(=O)CC1(CC(=O)Cc2c(C)cc(C)cc2C)CCC(C)CC1. The van der Waals surface area contributed by atoms with Crippen molar-refractivity contribution < 1.29 is 14.3 Å². The van der Waals surface area contributed by atoms with E-state index in [2.05, 4.69) is 39.8 Å². The molecule has 3 nitrogen and oxygen atoms in total. The van der Waals surface area contributed by atoms with Crippen LogP contribution in [-0.4, -0.2) is 18.9 Å². The fraction of sp³-hybridized carbons (Fsp3) is 0.636. The van der Waals surface area contributed by atoms with Crippen molar-refractivity contribution >= 4 is 11.8 Å². The number of carbonyl (C=O) groups excluding carboxylic acids is 2. The van der Waals surface area contributed by atoms with Crippen LogP contribution in [0.25, 0.3) is 0 Å². The van der Waals surface area contributed by atoms with Crippen LogP contribution in [-0.2, 0) is 20.7 Å². The van der Waals surface area contributed by atoms with Gasteiger partial charge in [0, 0.05) is 12.8 Å². The first-order chi connectivity index (χ1) is 11.7. The monoisotopic (exact) mass is 344 g/mol. The highest BCUT2D eigenvalue weighted by atomic mass is 16.5. The van der Waals surface area contributed by atoms with Gasteiger partial charge in [-0.25, -0.2) is 0 Å². The zero-order valence-corrected chi connectivity index (χ0v) is 16.4. The molecule has 1 aromatic rings. The van der Waals surface area contributed by atoms with Crippen molar-refractivity contribution in [1.82, 2.24) is 0 Å². The van der Waals surface area contributed by atoms with Crippen molar-refractivity contribution in [3.05, 3.63) is 34.4 Å². The van der Waals surface area contributed by atoms with Crippen LogP contribution in [0, 0.1) is 32.1 Å². The summed E-state index contributed by atoms with van der Waals surface area (Å²) in [7, 11) is 1.43. The van der Waals surface area contributed by atoms with E-state index in [0.717, 1.165) is 31.2 Å². The number of rotatable bonds is 6. The van der Waals surface area contributed by atoms with E-state index in [9.17, 15) is 9.59 Å². The van der Waals surface area contributed by atoms with Gasteiger partial charge in [-0.05, 0) is 61.6 Å². The Bertz CT molecular complexity index is 614. The number of benzene rings is 1. The molecule has 0 amide bonds. The summed E-state index contributed by atoms with van der Waals surface area (Å²) in [6.07, 6.45) is 5.40. The Kier molecular flexibility index (Phi) is 6.42.